The molecule has 0 N–H and O–H groups in total. The van der Waals surface area contributed by atoms with Gasteiger partial charge in [-0.25, -0.2) is 4.39 Å². The standard InChI is InChI=1S/C14H10FNO3S/c1-9(17)13-8-11(16(18)19)4-7-14(13)20-12-5-2-10(15)3-6-12/h2-8H,1H3. The first-order chi connectivity index (χ1) is 9.47. The minimum atomic E-state index is -0.543. The molecule has 2 aromatic carbocycles. The first-order valence-electron chi connectivity index (χ1n) is 5.70. The molecule has 0 heterocycles. The molecule has 2 rings (SSSR count). The van der Waals surface area contributed by atoms with Crippen LogP contribution in [0.5, 0.6) is 0 Å². The Labute approximate surface area is 118 Å². The van der Waals surface area contributed by atoms with E-state index in [0.29, 0.717) is 4.90 Å². The summed E-state index contributed by atoms with van der Waals surface area (Å²) in [6, 6.07) is 9.95. The van der Waals surface area contributed by atoms with Gasteiger partial charge in [-0.2, -0.15) is 0 Å². The van der Waals surface area contributed by atoms with Crippen LogP contribution in [0.2, 0.25) is 0 Å². The van der Waals surface area contributed by atoms with Crippen LogP contribution in [0.1, 0.15) is 17.3 Å². The van der Waals surface area contributed by atoms with E-state index in [1.54, 1.807) is 12.1 Å². The van der Waals surface area contributed by atoms with Crippen LogP contribution >= 0.6 is 11.8 Å². The van der Waals surface area contributed by atoms with Crippen LogP contribution in [0.4, 0.5) is 10.1 Å². The molecule has 2 aromatic rings. The van der Waals surface area contributed by atoms with Crippen molar-refractivity contribution in [2.75, 3.05) is 0 Å². The molecular weight excluding hydrogens is 281 g/mol. The van der Waals surface area contributed by atoms with E-state index in [9.17, 15) is 19.3 Å². The van der Waals surface area contributed by atoms with Crippen LogP contribution in [0.25, 0.3) is 0 Å². The van der Waals surface area contributed by atoms with Crippen LogP contribution < -0.4 is 0 Å². The SMILES string of the molecule is CC(=O)c1cc([N+](=O)[O-])ccc1Sc1ccc(F)cc1. The zero-order valence-corrected chi connectivity index (χ0v) is 11.3. The molecule has 0 unspecified atom stereocenters. The van der Waals surface area contributed by atoms with E-state index in [1.165, 1.54) is 49.0 Å². The van der Waals surface area contributed by atoms with E-state index in [-0.39, 0.29) is 22.9 Å². The van der Waals surface area contributed by atoms with Gasteiger partial charge in [0.1, 0.15) is 5.82 Å². The van der Waals surface area contributed by atoms with Crippen LogP contribution in [0.15, 0.2) is 52.3 Å². The summed E-state index contributed by atoms with van der Waals surface area (Å²) >= 11 is 1.26. The van der Waals surface area contributed by atoms with E-state index in [4.69, 9.17) is 0 Å². The smallest absolute Gasteiger partial charge is 0.270 e. The van der Waals surface area contributed by atoms with E-state index in [0.717, 1.165) is 4.90 Å². The maximum absolute atomic E-state index is 12.8. The van der Waals surface area contributed by atoms with E-state index in [1.807, 2.05) is 0 Å². The van der Waals surface area contributed by atoms with Crippen molar-refractivity contribution in [2.45, 2.75) is 16.7 Å². The van der Waals surface area contributed by atoms with Crippen LogP contribution in [-0.4, -0.2) is 10.7 Å². The number of nitro groups is 1. The van der Waals surface area contributed by atoms with Crippen LogP contribution in [0, 0.1) is 15.9 Å². The van der Waals surface area contributed by atoms with Gasteiger partial charge < -0.3 is 0 Å². The summed E-state index contributed by atoms with van der Waals surface area (Å²) in [4.78, 5) is 23.1. The molecule has 0 amide bonds. The molecule has 0 aliphatic rings. The fourth-order valence-corrected chi connectivity index (χ4v) is 2.60. The summed E-state index contributed by atoms with van der Waals surface area (Å²) < 4.78 is 12.8. The highest BCUT2D eigenvalue weighted by Crippen LogP contribution is 2.32. The average Bonchev–Trinajstić information content (AvgIpc) is 2.41. The third kappa shape index (κ3) is 3.21. The molecular formula is C14H10FNO3S. The Morgan fingerprint density at radius 3 is 2.40 bits per heavy atom. The van der Waals surface area contributed by atoms with Crippen molar-refractivity contribution >= 4 is 23.2 Å². The van der Waals surface area contributed by atoms with Gasteiger partial charge in [0.05, 0.1) is 4.92 Å². The third-order valence-electron chi connectivity index (χ3n) is 2.59. The van der Waals surface area contributed by atoms with Crippen molar-refractivity contribution in [1.82, 2.24) is 0 Å². The van der Waals surface area contributed by atoms with Crippen molar-refractivity contribution < 1.29 is 14.1 Å². The van der Waals surface area contributed by atoms with Gasteiger partial charge in [-0.3, -0.25) is 14.9 Å². The summed E-state index contributed by atoms with van der Waals surface area (Å²) in [6.45, 7) is 1.35. The number of nitro benzene ring substituents is 1. The van der Waals surface area contributed by atoms with Gasteiger partial charge in [-0.1, -0.05) is 11.8 Å². The summed E-state index contributed by atoms with van der Waals surface area (Å²) in [7, 11) is 0. The lowest BCUT2D eigenvalue weighted by atomic mass is 10.1. The van der Waals surface area contributed by atoms with Gasteiger partial charge in [0, 0.05) is 27.5 Å². The normalized spacial score (nSPS) is 10.3. The van der Waals surface area contributed by atoms with Crippen molar-refractivity contribution in [2.24, 2.45) is 0 Å². The predicted molar refractivity (Wildman–Crippen MR) is 73.6 cm³/mol. The molecule has 0 atom stereocenters. The van der Waals surface area contributed by atoms with Crippen LogP contribution in [0.3, 0.4) is 0 Å². The Balaban J connectivity index is 2.38. The van der Waals surface area contributed by atoms with Gasteiger partial charge in [-0.15, -0.1) is 0 Å². The van der Waals surface area contributed by atoms with Crippen molar-refractivity contribution in [3.63, 3.8) is 0 Å². The Kier molecular flexibility index (Phi) is 4.14. The highest BCUT2D eigenvalue weighted by molar-refractivity contribution is 7.99. The quantitative estimate of drug-likeness (QED) is 0.483. The second kappa shape index (κ2) is 5.83. The highest BCUT2D eigenvalue weighted by atomic mass is 32.2. The minimum Gasteiger partial charge on any atom is -0.294 e. The first kappa shape index (κ1) is 14.2. The van der Waals surface area contributed by atoms with E-state index >= 15 is 0 Å². The molecule has 20 heavy (non-hydrogen) atoms. The van der Waals surface area contributed by atoms with Crippen molar-refractivity contribution in [3.05, 3.63) is 64.0 Å². The number of hydrogen-bond acceptors (Lipinski definition) is 4. The number of Topliss-reactive ketones (excluding diaryl/α,β-unsaturated/α-hetero) is 1. The lowest BCUT2D eigenvalue weighted by Crippen LogP contribution is -1.98. The number of carbonyl (C=O) groups is 1. The molecule has 6 heteroatoms. The largest absolute Gasteiger partial charge is 0.294 e. The third-order valence-corrected chi connectivity index (χ3v) is 3.68. The van der Waals surface area contributed by atoms with Crippen molar-refractivity contribution in [1.29, 1.82) is 0 Å². The highest BCUT2D eigenvalue weighted by Gasteiger charge is 2.14. The summed E-state index contributed by atoms with van der Waals surface area (Å²) in [5, 5.41) is 10.7. The zero-order valence-electron chi connectivity index (χ0n) is 10.5. The number of halogens is 1. The Bertz CT molecular complexity index is 671. The molecule has 0 aliphatic carbocycles. The van der Waals surface area contributed by atoms with Gasteiger partial charge in [0.2, 0.25) is 0 Å². The van der Waals surface area contributed by atoms with Gasteiger partial charge in [-0.05, 0) is 37.3 Å². The van der Waals surface area contributed by atoms with Gasteiger partial charge >= 0.3 is 0 Å². The number of non-ortho nitro benzene ring substituents is 1. The number of ketones is 1. The monoisotopic (exact) mass is 291 g/mol. The topological polar surface area (TPSA) is 60.2 Å². The van der Waals surface area contributed by atoms with Gasteiger partial charge in [0.15, 0.2) is 5.78 Å². The molecule has 0 aromatic heterocycles. The molecule has 0 fully saturated rings. The number of benzene rings is 2. The second-order valence-corrected chi connectivity index (χ2v) is 5.17. The lowest BCUT2D eigenvalue weighted by molar-refractivity contribution is -0.384. The molecule has 0 aliphatic heterocycles. The molecule has 0 radical (unpaired) electrons. The zero-order chi connectivity index (χ0) is 14.7. The number of hydrogen-bond donors (Lipinski definition) is 0. The maximum atomic E-state index is 12.8. The molecule has 0 spiro atoms. The minimum absolute atomic E-state index is 0.126. The Morgan fingerprint density at radius 1 is 1.20 bits per heavy atom. The van der Waals surface area contributed by atoms with E-state index < -0.39 is 4.92 Å². The summed E-state index contributed by atoms with van der Waals surface area (Å²) in [6.07, 6.45) is 0. The molecule has 0 bridgehead atoms. The number of nitrogens with zero attached hydrogens (tertiary/aromatic N) is 1. The summed E-state index contributed by atoms with van der Waals surface area (Å²) in [5.74, 6) is -0.594. The fourth-order valence-electron chi connectivity index (χ4n) is 1.63. The lowest BCUT2D eigenvalue weighted by Gasteiger charge is -2.06. The Hall–Kier alpha value is -2.21. The van der Waals surface area contributed by atoms with Crippen molar-refractivity contribution in [3.8, 4) is 0 Å². The Morgan fingerprint density at radius 2 is 1.85 bits per heavy atom. The molecule has 4 nitrogen and oxygen atoms in total. The predicted octanol–water partition coefficient (Wildman–Crippen LogP) is 4.09. The first-order valence-corrected chi connectivity index (χ1v) is 6.52. The van der Waals surface area contributed by atoms with Gasteiger partial charge in [0.25, 0.3) is 5.69 Å². The maximum Gasteiger partial charge on any atom is 0.270 e. The van der Waals surface area contributed by atoms with E-state index in [2.05, 4.69) is 0 Å². The average molecular weight is 291 g/mol. The second-order valence-electron chi connectivity index (χ2n) is 4.05. The molecule has 0 saturated heterocycles. The number of carbonyl (C=O) groups excluding carboxylic acids is 1. The molecule has 0 saturated carbocycles. The molecule has 102 valence electrons. The summed E-state index contributed by atoms with van der Waals surface area (Å²) in [5.41, 5.74) is 0.159. The van der Waals surface area contributed by atoms with Crippen LogP contribution in [-0.2, 0) is 0 Å². The fraction of sp³-hybridized carbons (Fsp3) is 0.0714. The number of rotatable bonds is 4.